The highest BCUT2D eigenvalue weighted by molar-refractivity contribution is 6.04. The van der Waals surface area contributed by atoms with Crippen molar-refractivity contribution < 1.29 is 13.6 Å². The van der Waals surface area contributed by atoms with Crippen molar-refractivity contribution in [1.29, 1.82) is 5.26 Å². The molecule has 0 spiro atoms. The summed E-state index contributed by atoms with van der Waals surface area (Å²) < 4.78 is 27.2. The van der Waals surface area contributed by atoms with E-state index in [9.17, 15) is 13.6 Å². The zero-order chi connectivity index (χ0) is 18.5. The Kier molecular flexibility index (Phi) is 4.80. The number of nitriles is 1. The van der Waals surface area contributed by atoms with Crippen molar-refractivity contribution in [2.75, 3.05) is 10.6 Å². The summed E-state index contributed by atoms with van der Waals surface area (Å²) in [5.41, 5.74) is 0.413. The highest BCUT2D eigenvalue weighted by Gasteiger charge is 2.12. The SMILES string of the molecule is N#Cc1ccccc1NC(=O)c1cnc(Nc2c(F)cccc2F)nc1. The van der Waals surface area contributed by atoms with Gasteiger partial charge in [0.25, 0.3) is 5.91 Å². The monoisotopic (exact) mass is 351 g/mol. The van der Waals surface area contributed by atoms with E-state index in [4.69, 9.17) is 5.26 Å². The number of amides is 1. The average Bonchev–Trinajstić information content (AvgIpc) is 2.66. The minimum absolute atomic E-state index is 0.0667. The van der Waals surface area contributed by atoms with Gasteiger partial charge in [-0.05, 0) is 24.3 Å². The maximum Gasteiger partial charge on any atom is 0.258 e. The van der Waals surface area contributed by atoms with Gasteiger partial charge in [0.2, 0.25) is 5.95 Å². The third-order valence-corrected chi connectivity index (χ3v) is 3.41. The first-order chi connectivity index (χ1) is 12.6. The first kappa shape index (κ1) is 17.0. The molecule has 128 valence electrons. The summed E-state index contributed by atoms with van der Waals surface area (Å²) in [4.78, 5) is 20.0. The molecular formula is C18H11F2N5O. The van der Waals surface area contributed by atoms with Gasteiger partial charge in [-0.2, -0.15) is 5.26 Å². The van der Waals surface area contributed by atoms with Gasteiger partial charge in [-0.1, -0.05) is 18.2 Å². The van der Waals surface area contributed by atoms with Crippen LogP contribution in [0.2, 0.25) is 0 Å². The lowest BCUT2D eigenvalue weighted by Gasteiger charge is -2.08. The Balaban J connectivity index is 1.75. The van der Waals surface area contributed by atoms with Crippen LogP contribution in [0.4, 0.5) is 26.1 Å². The van der Waals surface area contributed by atoms with E-state index in [-0.39, 0.29) is 17.2 Å². The van der Waals surface area contributed by atoms with Crippen molar-refractivity contribution >= 4 is 23.2 Å². The number of hydrogen-bond donors (Lipinski definition) is 2. The summed E-state index contributed by atoms with van der Waals surface area (Å²) in [6.45, 7) is 0. The van der Waals surface area contributed by atoms with E-state index >= 15 is 0 Å². The van der Waals surface area contributed by atoms with E-state index in [0.717, 1.165) is 12.1 Å². The fraction of sp³-hybridized carbons (Fsp3) is 0. The molecule has 0 unspecified atom stereocenters. The molecular weight excluding hydrogens is 340 g/mol. The second-order valence-corrected chi connectivity index (χ2v) is 5.13. The summed E-state index contributed by atoms with van der Waals surface area (Å²) in [5.74, 6) is -2.16. The van der Waals surface area contributed by atoms with Crippen molar-refractivity contribution in [3.63, 3.8) is 0 Å². The van der Waals surface area contributed by atoms with Crippen LogP contribution in [-0.4, -0.2) is 15.9 Å². The normalized spacial score (nSPS) is 10.0. The molecule has 2 N–H and O–H groups in total. The Labute approximate surface area is 147 Å². The average molecular weight is 351 g/mol. The minimum Gasteiger partial charge on any atom is -0.321 e. The third kappa shape index (κ3) is 3.62. The van der Waals surface area contributed by atoms with Gasteiger partial charge < -0.3 is 10.6 Å². The van der Waals surface area contributed by atoms with Crippen molar-refractivity contribution in [2.24, 2.45) is 0 Å². The minimum atomic E-state index is -0.788. The van der Waals surface area contributed by atoms with Crippen LogP contribution in [0.3, 0.4) is 0 Å². The molecule has 0 aliphatic rings. The molecule has 0 saturated heterocycles. The summed E-state index contributed by atoms with van der Waals surface area (Å²) >= 11 is 0. The van der Waals surface area contributed by atoms with Crippen molar-refractivity contribution in [3.05, 3.63) is 77.6 Å². The predicted octanol–water partition coefficient (Wildman–Crippen LogP) is 3.62. The summed E-state index contributed by atoms with van der Waals surface area (Å²) in [6.07, 6.45) is 2.41. The van der Waals surface area contributed by atoms with E-state index in [1.807, 2.05) is 6.07 Å². The van der Waals surface area contributed by atoms with Gasteiger partial charge in [-0.25, -0.2) is 18.7 Å². The highest BCUT2D eigenvalue weighted by Crippen LogP contribution is 2.21. The topological polar surface area (TPSA) is 90.7 Å². The Morgan fingerprint density at radius 2 is 1.65 bits per heavy atom. The zero-order valence-electron chi connectivity index (χ0n) is 13.2. The smallest absolute Gasteiger partial charge is 0.258 e. The van der Waals surface area contributed by atoms with Gasteiger partial charge >= 0.3 is 0 Å². The van der Waals surface area contributed by atoms with Crippen LogP contribution in [-0.2, 0) is 0 Å². The number of carbonyl (C=O) groups excluding carboxylic acids is 1. The number of halogens is 2. The fourth-order valence-corrected chi connectivity index (χ4v) is 2.12. The van der Waals surface area contributed by atoms with Gasteiger partial charge in [0.15, 0.2) is 0 Å². The number of nitrogens with zero attached hydrogens (tertiary/aromatic N) is 3. The van der Waals surface area contributed by atoms with E-state index in [1.54, 1.807) is 24.3 Å². The van der Waals surface area contributed by atoms with Crippen molar-refractivity contribution in [1.82, 2.24) is 9.97 Å². The lowest BCUT2D eigenvalue weighted by Crippen LogP contribution is -2.14. The molecule has 3 rings (SSSR count). The Hall–Kier alpha value is -3.86. The van der Waals surface area contributed by atoms with Crippen LogP contribution >= 0.6 is 0 Å². The fourth-order valence-electron chi connectivity index (χ4n) is 2.12. The van der Waals surface area contributed by atoms with Gasteiger partial charge in [0.1, 0.15) is 23.4 Å². The van der Waals surface area contributed by atoms with E-state index in [0.29, 0.717) is 11.3 Å². The number of anilines is 3. The molecule has 1 aromatic heterocycles. The van der Waals surface area contributed by atoms with Crippen LogP contribution in [0, 0.1) is 23.0 Å². The molecule has 6 nitrogen and oxygen atoms in total. The molecule has 0 aliphatic carbocycles. The summed E-state index contributed by atoms with van der Waals surface area (Å²) in [7, 11) is 0. The van der Waals surface area contributed by atoms with Crippen molar-refractivity contribution in [2.45, 2.75) is 0 Å². The number of para-hydroxylation sites is 2. The van der Waals surface area contributed by atoms with Gasteiger partial charge in [-0.3, -0.25) is 4.79 Å². The molecule has 3 aromatic rings. The first-order valence-electron chi connectivity index (χ1n) is 7.42. The molecule has 2 aromatic carbocycles. The number of benzene rings is 2. The first-order valence-corrected chi connectivity index (χ1v) is 7.42. The molecule has 0 radical (unpaired) electrons. The lowest BCUT2D eigenvalue weighted by atomic mass is 10.2. The Bertz CT molecular complexity index is 979. The van der Waals surface area contributed by atoms with Crippen LogP contribution in [0.25, 0.3) is 0 Å². The number of hydrogen-bond acceptors (Lipinski definition) is 5. The zero-order valence-corrected chi connectivity index (χ0v) is 13.2. The molecule has 26 heavy (non-hydrogen) atoms. The molecule has 8 heteroatoms. The van der Waals surface area contributed by atoms with Gasteiger partial charge in [0.05, 0.1) is 16.8 Å². The number of carbonyl (C=O) groups is 1. The van der Waals surface area contributed by atoms with Crippen LogP contribution < -0.4 is 10.6 Å². The maximum absolute atomic E-state index is 13.6. The summed E-state index contributed by atoms with van der Waals surface area (Å²) in [5, 5.41) is 14.0. The molecule has 0 bridgehead atoms. The molecule has 0 aliphatic heterocycles. The van der Waals surface area contributed by atoms with Gasteiger partial charge in [0, 0.05) is 12.4 Å². The quantitative estimate of drug-likeness (QED) is 0.749. The summed E-state index contributed by atoms with van der Waals surface area (Å²) in [6, 6.07) is 11.9. The predicted molar refractivity (Wildman–Crippen MR) is 90.8 cm³/mol. The second kappa shape index (κ2) is 7.36. The Morgan fingerprint density at radius 1 is 1.00 bits per heavy atom. The van der Waals surface area contributed by atoms with Crippen LogP contribution in [0.15, 0.2) is 54.9 Å². The third-order valence-electron chi connectivity index (χ3n) is 3.41. The Morgan fingerprint density at radius 3 is 2.31 bits per heavy atom. The highest BCUT2D eigenvalue weighted by atomic mass is 19.1. The largest absolute Gasteiger partial charge is 0.321 e. The molecule has 1 heterocycles. The standard InChI is InChI=1S/C18H11F2N5O/c19-13-5-3-6-14(20)16(13)25-18-22-9-12(10-23-18)17(26)24-15-7-2-1-4-11(15)8-21/h1-7,9-10H,(H,24,26)(H,22,23,25). The lowest BCUT2D eigenvalue weighted by molar-refractivity contribution is 0.102. The van der Waals surface area contributed by atoms with Crippen molar-refractivity contribution in [3.8, 4) is 6.07 Å². The molecule has 1 amide bonds. The number of rotatable bonds is 4. The van der Waals surface area contributed by atoms with E-state index < -0.39 is 17.5 Å². The maximum atomic E-state index is 13.6. The second-order valence-electron chi connectivity index (χ2n) is 5.13. The molecule has 0 fully saturated rings. The van der Waals surface area contributed by atoms with Crippen LogP contribution in [0.1, 0.15) is 15.9 Å². The number of nitrogens with one attached hydrogen (secondary N) is 2. The van der Waals surface area contributed by atoms with E-state index in [1.165, 1.54) is 18.5 Å². The van der Waals surface area contributed by atoms with Crippen LogP contribution in [0.5, 0.6) is 0 Å². The molecule has 0 saturated carbocycles. The molecule has 0 atom stereocenters. The van der Waals surface area contributed by atoms with E-state index in [2.05, 4.69) is 20.6 Å². The van der Waals surface area contributed by atoms with Gasteiger partial charge in [-0.15, -0.1) is 0 Å². The number of aromatic nitrogens is 2.